The first-order valence-electron chi connectivity index (χ1n) is 5.43. The van der Waals surface area contributed by atoms with Gasteiger partial charge in [0.25, 0.3) is 0 Å². The molecule has 0 aliphatic rings. The number of rotatable bonds is 5. The van der Waals surface area contributed by atoms with Gasteiger partial charge in [0.2, 0.25) is 0 Å². The molecule has 0 aliphatic carbocycles. The monoisotopic (exact) mass is 303 g/mol. The minimum atomic E-state index is -1.03. The minimum Gasteiger partial charge on any atom is -0.480 e. The maximum atomic E-state index is 13.8. The number of hydrogen-bond acceptors (Lipinski definition) is 2. The SMILES string of the molecule is CCN(CC)C(C(=O)O)c1ccc(Br)cc1F. The number of carboxylic acids is 1. The molecule has 0 saturated heterocycles. The molecule has 0 saturated carbocycles. The van der Waals surface area contributed by atoms with Crippen LogP contribution in [0.25, 0.3) is 0 Å². The van der Waals surface area contributed by atoms with E-state index in [4.69, 9.17) is 0 Å². The van der Waals surface area contributed by atoms with Crippen molar-refractivity contribution < 1.29 is 14.3 Å². The molecule has 1 aromatic carbocycles. The second-order valence-electron chi connectivity index (χ2n) is 3.63. The molecule has 17 heavy (non-hydrogen) atoms. The third-order valence-corrected chi connectivity index (χ3v) is 3.16. The summed E-state index contributed by atoms with van der Waals surface area (Å²) in [6.45, 7) is 4.83. The molecule has 1 atom stereocenters. The van der Waals surface area contributed by atoms with E-state index in [9.17, 15) is 14.3 Å². The second kappa shape index (κ2) is 6.12. The van der Waals surface area contributed by atoms with Gasteiger partial charge in [-0.15, -0.1) is 0 Å². The van der Waals surface area contributed by atoms with Gasteiger partial charge < -0.3 is 5.11 Å². The average molecular weight is 304 g/mol. The largest absolute Gasteiger partial charge is 0.480 e. The summed E-state index contributed by atoms with van der Waals surface area (Å²) in [6.07, 6.45) is 0. The Kier molecular flexibility index (Phi) is 5.08. The molecule has 0 spiro atoms. The predicted molar refractivity (Wildman–Crippen MR) is 67.4 cm³/mol. The topological polar surface area (TPSA) is 40.5 Å². The van der Waals surface area contributed by atoms with Gasteiger partial charge in [0, 0.05) is 10.0 Å². The van der Waals surface area contributed by atoms with Gasteiger partial charge in [0.15, 0.2) is 0 Å². The lowest BCUT2D eigenvalue weighted by atomic mass is 10.0. The predicted octanol–water partition coefficient (Wildman–Crippen LogP) is 3.06. The molecule has 1 rings (SSSR count). The molecular weight excluding hydrogens is 289 g/mol. The number of aliphatic carboxylic acids is 1. The number of likely N-dealkylation sites (N-methyl/N-ethyl adjacent to an activating group) is 1. The smallest absolute Gasteiger partial charge is 0.325 e. The number of halogens is 2. The van der Waals surface area contributed by atoms with Gasteiger partial charge in [0.1, 0.15) is 11.9 Å². The van der Waals surface area contributed by atoms with Crippen molar-refractivity contribution in [1.29, 1.82) is 0 Å². The van der Waals surface area contributed by atoms with Crippen molar-refractivity contribution in [3.8, 4) is 0 Å². The van der Waals surface area contributed by atoms with Gasteiger partial charge in [-0.25, -0.2) is 4.39 Å². The Morgan fingerprint density at radius 2 is 2.06 bits per heavy atom. The van der Waals surface area contributed by atoms with Gasteiger partial charge in [0.05, 0.1) is 0 Å². The van der Waals surface area contributed by atoms with E-state index >= 15 is 0 Å². The highest BCUT2D eigenvalue weighted by molar-refractivity contribution is 9.10. The molecule has 94 valence electrons. The fraction of sp³-hybridized carbons (Fsp3) is 0.417. The van der Waals surface area contributed by atoms with E-state index in [-0.39, 0.29) is 5.56 Å². The normalized spacial score (nSPS) is 12.8. The van der Waals surface area contributed by atoms with Crippen LogP contribution in [0.15, 0.2) is 22.7 Å². The van der Waals surface area contributed by atoms with E-state index in [2.05, 4.69) is 15.9 Å². The lowest BCUT2D eigenvalue weighted by Crippen LogP contribution is -2.34. The van der Waals surface area contributed by atoms with Gasteiger partial charge >= 0.3 is 5.97 Å². The van der Waals surface area contributed by atoms with Crippen LogP contribution in [0, 0.1) is 5.82 Å². The molecule has 0 bridgehead atoms. The molecular formula is C12H15BrFNO2. The Labute approximate surface area is 108 Å². The first-order valence-corrected chi connectivity index (χ1v) is 6.22. The summed E-state index contributed by atoms with van der Waals surface area (Å²) in [5.41, 5.74) is 0.199. The quantitative estimate of drug-likeness (QED) is 0.909. The third-order valence-electron chi connectivity index (χ3n) is 2.67. The fourth-order valence-electron chi connectivity index (χ4n) is 1.80. The number of carbonyl (C=O) groups is 1. The zero-order valence-electron chi connectivity index (χ0n) is 9.78. The maximum Gasteiger partial charge on any atom is 0.325 e. The first kappa shape index (κ1) is 14.1. The summed E-state index contributed by atoms with van der Waals surface area (Å²) in [7, 11) is 0. The maximum absolute atomic E-state index is 13.8. The van der Waals surface area contributed by atoms with Crippen LogP contribution in [0.3, 0.4) is 0 Å². The third kappa shape index (κ3) is 3.26. The molecule has 0 amide bonds. The summed E-state index contributed by atoms with van der Waals surface area (Å²) in [6, 6.07) is 3.52. The van der Waals surface area contributed by atoms with Crippen molar-refractivity contribution in [1.82, 2.24) is 4.90 Å². The number of nitrogens with zero attached hydrogens (tertiary/aromatic N) is 1. The van der Waals surface area contributed by atoms with E-state index in [0.717, 1.165) is 0 Å². The van der Waals surface area contributed by atoms with Crippen molar-refractivity contribution in [3.63, 3.8) is 0 Å². The van der Waals surface area contributed by atoms with E-state index in [1.165, 1.54) is 12.1 Å². The Balaban J connectivity index is 3.18. The molecule has 0 radical (unpaired) electrons. The Morgan fingerprint density at radius 3 is 2.47 bits per heavy atom. The molecule has 0 heterocycles. The highest BCUT2D eigenvalue weighted by atomic mass is 79.9. The Bertz CT molecular complexity index is 407. The molecule has 5 heteroatoms. The van der Waals surface area contributed by atoms with Crippen molar-refractivity contribution in [3.05, 3.63) is 34.1 Å². The zero-order valence-corrected chi connectivity index (χ0v) is 11.4. The lowest BCUT2D eigenvalue weighted by molar-refractivity contribution is -0.143. The van der Waals surface area contributed by atoms with Crippen molar-refractivity contribution >= 4 is 21.9 Å². The molecule has 1 aromatic rings. The molecule has 1 unspecified atom stereocenters. The Hall–Kier alpha value is -0.940. The van der Waals surface area contributed by atoms with Crippen LogP contribution < -0.4 is 0 Å². The van der Waals surface area contributed by atoms with E-state index in [0.29, 0.717) is 17.6 Å². The summed E-state index contributed by atoms with van der Waals surface area (Å²) in [5, 5.41) is 9.23. The second-order valence-corrected chi connectivity index (χ2v) is 4.54. The Morgan fingerprint density at radius 1 is 1.47 bits per heavy atom. The standard InChI is InChI=1S/C12H15BrFNO2/c1-3-15(4-2)11(12(16)17)9-6-5-8(13)7-10(9)14/h5-7,11H,3-4H2,1-2H3,(H,16,17). The van der Waals surface area contributed by atoms with Crippen LogP contribution in [-0.2, 0) is 4.79 Å². The van der Waals surface area contributed by atoms with E-state index in [1.54, 1.807) is 11.0 Å². The zero-order chi connectivity index (χ0) is 13.0. The van der Waals surface area contributed by atoms with Crippen LogP contribution in [-0.4, -0.2) is 29.1 Å². The highest BCUT2D eigenvalue weighted by Gasteiger charge is 2.27. The summed E-state index contributed by atoms with van der Waals surface area (Å²) >= 11 is 3.15. The van der Waals surface area contributed by atoms with Crippen molar-refractivity contribution in [2.75, 3.05) is 13.1 Å². The van der Waals surface area contributed by atoms with Crippen LogP contribution >= 0.6 is 15.9 Å². The van der Waals surface area contributed by atoms with Crippen LogP contribution in [0.5, 0.6) is 0 Å². The average Bonchev–Trinajstić information content (AvgIpc) is 2.26. The van der Waals surface area contributed by atoms with E-state index in [1.807, 2.05) is 13.8 Å². The highest BCUT2D eigenvalue weighted by Crippen LogP contribution is 2.25. The fourth-order valence-corrected chi connectivity index (χ4v) is 2.13. The minimum absolute atomic E-state index is 0.199. The van der Waals surface area contributed by atoms with Crippen molar-refractivity contribution in [2.24, 2.45) is 0 Å². The number of hydrogen-bond donors (Lipinski definition) is 1. The van der Waals surface area contributed by atoms with Crippen LogP contribution in [0.1, 0.15) is 25.5 Å². The molecule has 0 fully saturated rings. The number of carboxylic acid groups (broad SMARTS) is 1. The van der Waals surface area contributed by atoms with Gasteiger partial charge in [-0.05, 0) is 25.2 Å². The lowest BCUT2D eigenvalue weighted by Gasteiger charge is -2.26. The van der Waals surface area contributed by atoms with Gasteiger partial charge in [-0.3, -0.25) is 9.69 Å². The van der Waals surface area contributed by atoms with Gasteiger partial charge in [-0.2, -0.15) is 0 Å². The van der Waals surface area contributed by atoms with Gasteiger partial charge in [-0.1, -0.05) is 35.8 Å². The summed E-state index contributed by atoms with van der Waals surface area (Å²) in [5.74, 6) is -1.53. The molecule has 3 nitrogen and oxygen atoms in total. The molecule has 0 aromatic heterocycles. The van der Waals surface area contributed by atoms with Crippen LogP contribution in [0.4, 0.5) is 4.39 Å². The molecule has 0 aliphatic heterocycles. The summed E-state index contributed by atoms with van der Waals surface area (Å²) < 4.78 is 14.4. The number of benzene rings is 1. The van der Waals surface area contributed by atoms with Crippen LogP contribution in [0.2, 0.25) is 0 Å². The van der Waals surface area contributed by atoms with E-state index < -0.39 is 17.8 Å². The molecule has 1 N–H and O–H groups in total. The van der Waals surface area contributed by atoms with Crippen molar-refractivity contribution in [2.45, 2.75) is 19.9 Å². The summed E-state index contributed by atoms with van der Waals surface area (Å²) in [4.78, 5) is 13.0. The first-order chi connectivity index (χ1) is 8.01.